The molecule has 1 saturated carbocycles. The van der Waals surface area contributed by atoms with Crippen LogP contribution in [-0.2, 0) is 4.74 Å². The third-order valence-electron chi connectivity index (χ3n) is 5.84. The van der Waals surface area contributed by atoms with Gasteiger partial charge in [-0.1, -0.05) is 43.5 Å². The summed E-state index contributed by atoms with van der Waals surface area (Å²) in [5.74, 6) is 0.782. The van der Waals surface area contributed by atoms with Crippen LogP contribution in [0.4, 0.5) is 0 Å². The highest BCUT2D eigenvalue weighted by molar-refractivity contribution is 5.95. The molecule has 1 N–H and O–H groups in total. The standard InChI is InChI=1S/C23H27NO3/c1-26-21-10-6-8-18(14-21)17-7-5-9-19(13-17)22(25)24-20-15-23(27-16-20)11-3-2-4-12-23/h5-10,13-14,20H,2-4,11-12,15-16H2,1H3,(H,24,25)/t20-/m0/s1. The second-order valence-corrected chi connectivity index (χ2v) is 7.74. The first-order chi connectivity index (χ1) is 13.2. The summed E-state index contributed by atoms with van der Waals surface area (Å²) in [4.78, 5) is 12.8. The Labute approximate surface area is 160 Å². The first-order valence-electron chi connectivity index (χ1n) is 9.87. The normalized spacial score (nSPS) is 21.1. The third-order valence-corrected chi connectivity index (χ3v) is 5.84. The zero-order chi connectivity index (χ0) is 18.7. The fourth-order valence-corrected chi connectivity index (χ4v) is 4.39. The quantitative estimate of drug-likeness (QED) is 0.862. The Morgan fingerprint density at radius 1 is 1.07 bits per heavy atom. The highest BCUT2D eigenvalue weighted by Gasteiger charge is 2.41. The zero-order valence-corrected chi connectivity index (χ0v) is 15.9. The van der Waals surface area contributed by atoms with Crippen molar-refractivity contribution in [2.45, 2.75) is 50.2 Å². The van der Waals surface area contributed by atoms with Gasteiger partial charge < -0.3 is 14.8 Å². The maximum atomic E-state index is 12.8. The number of hydrogen-bond donors (Lipinski definition) is 1. The van der Waals surface area contributed by atoms with Crippen LogP contribution >= 0.6 is 0 Å². The molecule has 1 spiro atoms. The van der Waals surface area contributed by atoms with E-state index in [2.05, 4.69) is 5.32 Å². The van der Waals surface area contributed by atoms with Gasteiger partial charge in [-0.15, -0.1) is 0 Å². The Hall–Kier alpha value is -2.33. The highest BCUT2D eigenvalue weighted by atomic mass is 16.5. The molecule has 4 rings (SSSR count). The van der Waals surface area contributed by atoms with Crippen molar-refractivity contribution in [2.75, 3.05) is 13.7 Å². The van der Waals surface area contributed by atoms with E-state index >= 15 is 0 Å². The number of hydrogen-bond acceptors (Lipinski definition) is 3. The molecule has 2 aliphatic rings. The Kier molecular flexibility index (Phi) is 5.17. The van der Waals surface area contributed by atoms with Crippen LogP contribution in [0.3, 0.4) is 0 Å². The van der Waals surface area contributed by atoms with Gasteiger partial charge in [-0.2, -0.15) is 0 Å². The number of ether oxygens (including phenoxy) is 2. The van der Waals surface area contributed by atoms with Crippen molar-refractivity contribution in [3.8, 4) is 16.9 Å². The van der Waals surface area contributed by atoms with E-state index in [4.69, 9.17) is 9.47 Å². The molecule has 0 radical (unpaired) electrons. The van der Waals surface area contributed by atoms with E-state index in [1.165, 1.54) is 19.3 Å². The molecule has 1 saturated heterocycles. The molecule has 1 amide bonds. The summed E-state index contributed by atoms with van der Waals surface area (Å²) in [5.41, 5.74) is 2.74. The number of carbonyl (C=O) groups excluding carboxylic acids is 1. The molecule has 4 nitrogen and oxygen atoms in total. The Bertz CT molecular complexity index is 811. The predicted molar refractivity (Wildman–Crippen MR) is 106 cm³/mol. The molecule has 0 aromatic heterocycles. The van der Waals surface area contributed by atoms with E-state index in [-0.39, 0.29) is 17.6 Å². The van der Waals surface area contributed by atoms with Gasteiger partial charge in [-0.3, -0.25) is 4.79 Å². The topological polar surface area (TPSA) is 47.6 Å². The lowest BCUT2D eigenvalue weighted by Gasteiger charge is -2.32. The van der Waals surface area contributed by atoms with E-state index < -0.39 is 0 Å². The molecule has 27 heavy (non-hydrogen) atoms. The second-order valence-electron chi connectivity index (χ2n) is 7.74. The minimum absolute atomic E-state index is 0.0125. The van der Waals surface area contributed by atoms with Gasteiger partial charge in [0.25, 0.3) is 5.91 Å². The van der Waals surface area contributed by atoms with Gasteiger partial charge in [0.2, 0.25) is 0 Å². The van der Waals surface area contributed by atoms with Crippen molar-refractivity contribution < 1.29 is 14.3 Å². The molecule has 2 aromatic rings. The molecule has 4 heteroatoms. The van der Waals surface area contributed by atoms with Gasteiger partial charge in [-0.05, 0) is 54.7 Å². The zero-order valence-electron chi connectivity index (χ0n) is 15.9. The van der Waals surface area contributed by atoms with Crippen LogP contribution in [0, 0.1) is 0 Å². The molecule has 1 atom stereocenters. The van der Waals surface area contributed by atoms with Gasteiger partial charge in [0.05, 0.1) is 25.4 Å². The molecular formula is C23H27NO3. The molecule has 1 aliphatic carbocycles. The van der Waals surface area contributed by atoms with Gasteiger partial charge in [-0.25, -0.2) is 0 Å². The van der Waals surface area contributed by atoms with Gasteiger partial charge in [0.15, 0.2) is 0 Å². The number of nitrogens with one attached hydrogen (secondary N) is 1. The largest absolute Gasteiger partial charge is 0.497 e. The fourth-order valence-electron chi connectivity index (χ4n) is 4.39. The maximum absolute atomic E-state index is 12.8. The molecule has 1 heterocycles. The lowest BCUT2D eigenvalue weighted by atomic mass is 9.82. The number of methoxy groups -OCH3 is 1. The van der Waals surface area contributed by atoms with Crippen molar-refractivity contribution in [3.63, 3.8) is 0 Å². The van der Waals surface area contributed by atoms with Crippen LogP contribution < -0.4 is 10.1 Å². The summed E-state index contributed by atoms with van der Waals surface area (Å²) in [6.07, 6.45) is 6.98. The smallest absolute Gasteiger partial charge is 0.251 e. The summed E-state index contributed by atoms with van der Waals surface area (Å²) < 4.78 is 11.4. The van der Waals surface area contributed by atoms with E-state index in [1.54, 1.807) is 7.11 Å². The minimum Gasteiger partial charge on any atom is -0.497 e. The summed E-state index contributed by atoms with van der Waals surface area (Å²) in [6.45, 7) is 0.626. The van der Waals surface area contributed by atoms with E-state index in [0.29, 0.717) is 12.2 Å². The van der Waals surface area contributed by atoms with E-state index in [1.807, 2.05) is 48.5 Å². The lowest BCUT2D eigenvalue weighted by Crippen LogP contribution is -2.37. The number of rotatable bonds is 4. The number of benzene rings is 2. The average Bonchev–Trinajstić information content (AvgIpc) is 3.10. The van der Waals surface area contributed by atoms with E-state index in [9.17, 15) is 4.79 Å². The summed E-state index contributed by atoms with van der Waals surface area (Å²) in [7, 11) is 1.66. The van der Waals surface area contributed by atoms with Gasteiger partial charge in [0, 0.05) is 5.56 Å². The Morgan fingerprint density at radius 3 is 2.59 bits per heavy atom. The van der Waals surface area contributed by atoms with Crippen molar-refractivity contribution in [1.82, 2.24) is 5.32 Å². The third kappa shape index (κ3) is 4.01. The van der Waals surface area contributed by atoms with Crippen molar-refractivity contribution in [2.24, 2.45) is 0 Å². The minimum atomic E-state index is -0.0267. The molecule has 142 valence electrons. The molecule has 0 unspecified atom stereocenters. The Morgan fingerprint density at radius 2 is 1.81 bits per heavy atom. The number of carbonyl (C=O) groups is 1. The van der Waals surface area contributed by atoms with Crippen molar-refractivity contribution in [1.29, 1.82) is 0 Å². The first-order valence-corrected chi connectivity index (χ1v) is 9.87. The van der Waals surface area contributed by atoms with Gasteiger partial charge in [0.1, 0.15) is 5.75 Å². The summed E-state index contributed by atoms with van der Waals surface area (Å²) >= 11 is 0. The molecule has 0 bridgehead atoms. The fraction of sp³-hybridized carbons (Fsp3) is 0.435. The maximum Gasteiger partial charge on any atom is 0.251 e. The molecule has 2 aromatic carbocycles. The van der Waals surface area contributed by atoms with E-state index in [0.717, 1.165) is 36.1 Å². The number of amides is 1. The molecule has 1 aliphatic heterocycles. The Balaban J connectivity index is 1.45. The second kappa shape index (κ2) is 7.73. The lowest BCUT2D eigenvalue weighted by molar-refractivity contribution is -0.0246. The van der Waals surface area contributed by atoms with Crippen LogP contribution in [0.5, 0.6) is 5.75 Å². The molecular weight excluding hydrogens is 338 g/mol. The summed E-state index contributed by atoms with van der Waals surface area (Å²) in [6, 6.07) is 15.7. The molecule has 2 fully saturated rings. The summed E-state index contributed by atoms with van der Waals surface area (Å²) in [5, 5.41) is 3.18. The first kappa shape index (κ1) is 18.1. The predicted octanol–water partition coefficient (Wildman–Crippen LogP) is 4.58. The van der Waals surface area contributed by atoms with Crippen LogP contribution in [0.25, 0.3) is 11.1 Å². The SMILES string of the molecule is COc1cccc(-c2cccc(C(=O)N[C@@H]3COC4(CCCCC4)C3)c2)c1. The highest BCUT2D eigenvalue weighted by Crippen LogP contribution is 2.39. The van der Waals surface area contributed by atoms with Crippen molar-refractivity contribution in [3.05, 3.63) is 54.1 Å². The van der Waals surface area contributed by atoms with Gasteiger partial charge >= 0.3 is 0 Å². The van der Waals surface area contributed by atoms with Crippen LogP contribution in [-0.4, -0.2) is 31.3 Å². The van der Waals surface area contributed by atoms with Crippen molar-refractivity contribution >= 4 is 5.91 Å². The monoisotopic (exact) mass is 365 g/mol. The van der Waals surface area contributed by atoms with Crippen LogP contribution in [0.15, 0.2) is 48.5 Å². The van der Waals surface area contributed by atoms with Crippen LogP contribution in [0.2, 0.25) is 0 Å². The average molecular weight is 365 g/mol. The van der Waals surface area contributed by atoms with Crippen LogP contribution in [0.1, 0.15) is 48.9 Å².